The molecule has 0 radical (unpaired) electrons. The predicted molar refractivity (Wildman–Crippen MR) is 56.6 cm³/mol. The van der Waals surface area contributed by atoms with E-state index in [9.17, 15) is 0 Å². The van der Waals surface area contributed by atoms with Crippen LogP contribution in [0.15, 0.2) is 0 Å². The van der Waals surface area contributed by atoms with Crippen molar-refractivity contribution in [2.45, 2.75) is 45.3 Å². The molecular formula is C11H21NO. The van der Waals surface area contributed by atoms with E-state index in [4.69, 9.17) is 11.2 Å². The number of rotatable bonds is 7. The number of hydrogen-bond donors (Lipinski definition) is 1. The fourth-order valence-corrected chi connectivity index (χ4v) is 1.05. The molecule has 2 nitrogen and oxygen atoms in total. The first-order valence-corrected chi connectivity index (χ1v) is 4.92. The molecule has 0 aliphatic rings. The molecule has 0 spiro atoms. The standard InChI is InChI=1S/C11H21NO/c1-5-6-7-8-9-12-10(2)11(3)13-4/h1,10-12H,6-9H2,2-4H3. The Labute approximate surface area is 82.1 Å². The van der Waals surface area contributed by atoms with E-state index in [0.717, 1.165) is 25.8 Å². The second-order valence-electron chi connectivity index (χ2n) is 3.34. The Hall–Kier alpha value is -0.520. The molecule has 0 aromatic heterocycles. The molecule has 0 fully saturated rings. The highest BCUT2D eigenvalue weighted by Gasteiger charge is 2.08. The van der Waals surface area contributed by atoms with Crippen LogP contribution in [-0.4, -0.2) is 25.8 Å². The van der Waals surface area contributed by atoms with Crippen molar-refractivity contribution >= 4 is 0 Å². The lowest BCUT2D eigenvalue weighted by molar-refractivity contribution is 0.0887. The van der Waals surface area contributed by atoms with Gasteiger partial charge in [0.1, 0.15) is 0 Å². The van der Waals surface area contributed by atoms with Crippen LogP contribution >= 0.6 is 0 Å². The summed E-state index contributed by atoms with van der Waals surface area (Å²) in [5.74, 6) is 2.64. The third-order valence-electron chi connectivity index (χ3n) is 2.29. The zero-order valence-electron chi connectivity index (χ0n) is 8.97. The van der Waals surface area contributed by atoms with Gasteiger partial charge in [0, 0.05) is 19.6 Å². The molecule has 2 heteroatoms. The highest BCUT2D eigenvalue weighted by Crippen LogP contribution is 1.97. The van der Waals surface area contributed by atoms with Gasteiger partial charge >= 0.3 is 0 Å². The molecule has 0 bridgehead atoms. The van der Waals surface area contributed by atoms with Gasteiger partial charge in [0.15, 0.2) is 0 Å². The monoisotopic (exact) mass is 183 g/mol. The minimum atomic E-state index is 0.271. The van der Waals surface area contributed by atoms with E-state index in [1.54, 1.807) is 7.11 Å². The third-order valence-corrected chi connectivity index (χ3v) is 2.29. The number of hydrogen-bond acceptors (Lipinski definition) is 2. The molecule has 0 saturated carbocycles. The van der Waals surface area contributed by atoms with E-state index in [1.165, 1.54) is 0 Å². The molecule has 0 rings (SSSR count). The second kappa shape index (κ2) is 8.10. The van der Waals surface area contributed by atoms with Crippen LogP contribution in [0.3, 0.4) is 0 Å². The normalized spacial score (nSPS) is 14.9. The van der Waals surface area contributed by atoms with Crippen molar-refractivity contribution in [2.75, 3.05) is 13.7 Å². The van der Waals surface area contributed by atoms with Crippen LogP contribution in [0, 0.1) is 12.3 Å². The van der Waals surface area contributed by atoms with Crippen LogP contribution < -0.4 is 5.32 Å². The lowest BCUT2D eigenvalue weighted by Gasteiger charge is -2.19. The predicted octanol–water partition coefficient (Wildman–Crippen LogP) is 1.80. The molecule has 0 aliphatic carbocycles. The summed E-state index contributed by atoms with van der Waals surface area (Å²) in [5, 5.41) is 3.40. The van der Waals surface area contributed by atoms with E-state index in [2.05, 4.69) is 25.1 Å². The lowest BCUT2D eigenvalue weighted by atomic mass is 10.2. The Balaban J connectivity index is 3.27. The van der Waals surface area contributed by atoms with Gasteiger partial charge in [-0.15, -0.1) is 12.3 Å². The molecular weight excluding hydrogens is 162 g/mol. The van der Waals surface area contributed by atoms with Gasteiger partial charge in [-0.2, -0.15) is 0 Å². The molecule has 2 unspecified atom stereocenters. The summed E-state index contributed by atoms with van der Waals surface area (Å²) in [6, 6.07) is 0.413. The van der Waals surface area contributed by atoms with Crippen molar-refractivity contribution in [3.63, 3.8) is 0 Å². The van der Waals surface area contributed by atoms with Crippen LogP contribution in [-0.2, 0) is 4.74 Å². The topological polar surface area (TPSA) is 21.3 Å². The largest absolute Gasteiger partial charge is 0.380 e. The Bertz CT molecular complexity index is 151. The zero-order chi connectivity index (χ0) is 10.1. The summed E-state index contributed by atoms with van der Waals surface area (Å²) in [6.45, 7) is 5.23. The Kier molecular flexibility index (Phi) is 7.77. The fourth-order valence-electron chi connectivity index (χ4n) is 1.05. The van der Waals surface area contributed by atoms with Crippen molar-refractivity contribution in [3.05, 3.63) is 0 Å². The van der Waals surface area contributed by atoms with Gasteiger partial charge in [0.2, 0.25) is 0 Å². The van der Waals surface area contributed by atoms with Gasteiger partial charge in [-0.1, -0.05) is 0 Å². The van der Waals surface area contributed by atoms with Gasteiger partial charge in [-0.25, -0.2) is 0 Å². The summed E-state index contributed by atoms with van der Waals surface area (Å²) in [6.07, 6.45) is 8.56. The number of ether oxygens (including phenoxy) is 1. The average molecular weight is 183 g/mol. The zero-order valence-corrected chi connectivity index (χ0v) is 8.97. The molecule has 0 aliphatic heterocycles. The Morgan fingerprint density at radius 3 is 2.62 bits per heavy atom. The fraction of sp³-hybridized carbons (Fsp3) is 0.818. The molecule has 1 N–H and O–H groups in total. The van der Waals surface area contributed by atoms with E-state index < -0.39 is 0 Å². The van der Waals surface area contributed by atoms with Crippen molar-refractivity contribution in [1.29, 1.82) is 0 Å². The molecule has 2 atom stereocenters. The maximum Gasteiger partial charge on any atom is 0.0693 e. The maximum absolute atomic E-state index is 5.20. The molecule has 76 valence electrons. The van der Waals surface area contributed by atoms with E-state index in [-0.39, 0.29) is 6.10 Å². The van der Waals surface area contributed by atoms with Crippen LogP contribution in [0.2, 0.25) is 0 Å². The minimum Gasteiger partial charge on any atom is -0.380 e. The average Bonchev–Trinajstić information content (AvgIpc) is 2.16. The second-order valence-corrected chi connectivity index (χ2v) is 3.34. The van der Waals surface area contributed by atoms with Crippen molar-refractivity contribution < 1.29 is 4.74 Å². The maximum atomic E-state index is 5.20. The first-order chi connectivity index (χ1) is 6.22. The highest BCUT2D eigenvalue weighted by atomic mass is 16.5. The number of methoxy groups -OCH3 is 1. The quantitative estimate of drug-likeness (QED) is 0.480. The Morgan fingerprint density at radius 2 is 2.08 bits per heavy atom. The molecule has 0 amide bonds. The number of terminal acetylenes is 1. The molecule has 0 aromatic carbocycles. The van der Waals surface area contributed by atoms with Crippen molar-refractivity contribution in [3.8, 4) is 12.3 Å². The van der Waals surface area contributed by atoms with Crippen molar-refractivity contribution in [2.24, 2.45) is 0 Å². The van der Waals surface area contributed by atoms with Gasteiger partial charge in [0.25, 0.3) is 0 Å². The summed E-state index contributed by atoms with van der Waals surface area (Å²) in [5.41, 5.74) is 0. The molecule has 13 heavy (non-hydrogen) atoms. The van der Waals surface area contributed by atoms with Gasteiger partial charge in [-0.3, -0.25) is 0 Å². The summed E-state index contributed by atoms with van der Waals surface area (Å²) >= 11 is 0. The smallest absolute Gasteiger partial charge is 0.0693 e. The van der Waals surface area contributed by atoms with Crippen LogP contribution in [0.4, 0.5) is 0 Å². The van der Waals surface area contributed by atoms with Crippen LogP contribution in [0.25, 0.3) is 0 Å². The highest BCUT2D eigenvalue weighted by molar-refractivity contribution is 4.83. The van der Waals surface area contributed by atoms with Gasteiger partial charge < -0.3 is 10.1 Å². The number of nitrogens with one attached hydrogen (secondary N) is 1. The number of unbranched alkanes of at least 4 members (excludes halogenated alkanes) is 2. The summed E-state index contributed by atoms with van der Waals surface area (Å²) < 4.78 is 5.20. The molecule has 0 aromatic rings. The molecule has 0 saturated heterocycles. The van der Waals surface area contributed by atoms with Gasteiger partial charge in [0.05, 0.1) is 6.10 Å². The van der Waals surface area contributed by atoms with E-state index in [0.29, 0.717) is 6.04 Å². The first kappa shape index (κ1) is 12.5. The van der Waals surface area contributed by atoms with Crippen molar-refractivity contribution in [1.82, 2.24) is 5.32 Å². The minimum absolute atomic E-state index is 0.271. The SMILES string of the molecule is C#CCCCCNC(C)C(C)OC. The van der Waals surface area contributed by atoms with Crippen LogP contribution in [0.5, 0.6) is 0 Å². The third kappa shape index (κ3) is 6.62. The first-order valence-electron chi connectivity index (χ1n) is 4.92. The Morgan fingerprint density at radius 1 is 1.38 bits per heavy atom. The lowest BCUT2D eigenvalue weighted by Crippen LogP contribution is -2.37. The van der Waals surface area contributed by atoms with E-state index in [1.807, 2.05) is 0 Å². The summed E-state index contributed by atoms with van der Waals surface area (Å²) in [4.78, 5) is 0. The van der Waals surface area contributed by atoms with E-state index >= 15 is 0 Å². The molecule has 0 heterocycles. The van der Waals surface area contributed by atoms with Gasteiger partial charge in [-0.05, 0) is 33.2 Å². The summed E-state index contributed by atoms with van der Waals surface area (Å²) in [7, 11) is 1.74. The van der Waals surface area contributed by atoms with Crippen LogP contribution in [0.1, 0.15) is 33.1 Å².